The SMILES string of the molecule is CO[C@H]1[C@H](O)C=C/C(=C/CN)[C@@H]1O[C@@H]1O[C@H](CO)[C@@H](O)[C@H](O)[C@H]1O. The first-order valence-electron chi connectivity index (χ1n) is 7.69. The van der Waals surface area contributed by atoms with Crippen LogP contribution in [0.25, 0.3) is 0 Å². The van der Waals surface area contributed by atoms with Gasteiger partial charge in [-0.25, -0.2) is 0 Å². The van der Waals surface area contributed by atoms with E-state index >= 15 is 0 Å². The third-order valence-corrected chi connectivity index (χ3v) is 4.20. The molecule has 1 fully saturated rings. The van der Waals surface area contributed by atoms with Gasteiger partial charge in [-0.3, -0.25) is 0 Å². The molecule has 9 heteroatoms. The lowest BCUT2D eigenvalue weighted by Gasteiger charge is -2.42. The third kappa shape index (κ3) is 3.85. The molecule has 1 heterocycles. The van der Waals surface area contributed by atoms with Crippen molar-refractivity contribution in [2.45, 2.75) is 49.0 Å². The van der Waals surface area contributed by atoms with Crippen molar-refractivity contribution >= 4 is 0 Å². The number of methoxy groups -OCH3 is 1. The maximum atomic E-state index is 10.1. The molecular weight excluding hydrogens is 322 g/mol. The normalized spacial score (nSPS) is 44.9. The Kier molecular flexibility index (Phi) is 6.87. The Bertz CT molecular complexity index is 468. The van der Waals surface area contributed by atoms with Gasteiger partial charge in [0.05, 0.1) is 6.61 Å². The maximum Gasteiger partial charge on any atom is 0.187 e. The van der Waals surface area contributed by atoms with Crippen molar-refractivity contribution in [2.75, 3.05) is 20.3 Å². The smallest absolute Gasteiger partial charge is 0.187 e. The van der Waals surface area contributed by atoms with E-state index in [1.807, 2.05) is 0 Å². The zero-order chi connectivity index (χ0) is 17.9. The van der Waals surface area contributed by atoms with Crippen LogP contribution in [0.1, 0.15) is 0 Å². The van der Waals surface area contributed by atoms with Crippen LogP contribution in [0.5, 0.6) is 0 Å². The van der Waals surface area contributed by atoms with E-state index in [1.54, 1.807) is 12.2 Å². The molecule has 8 atom stereocenters. The summed E-state index contributed by atoms with van der Waals surface area (Å²) in [5, 5.41) is 49.0. The molecule has 1 aliphatic heterocycles. The molecule has 1 aliphatic carbocycles. The van der Waals surface area contributed by atoms with E-state index in [9.17, 15) is 25.5 Å². The van der Waals surface area contributed by atoms with Crippen LogP contribution in [0.2, 0.25) is 0 Å². The van der Waals surface area contributed by atoms with Gasteiger partial charge in [0.15, 0.2) is 6.29 Å². The van der Waals surface area contributed by atoms with Crippen molar-refractivity contribution in [3.05, 3.63) is 23.8 Å². The van der Waals surface area contributed by atoms with Crippen molar-refractivity contribution in [2.24, 2.45) is 5.73 Å². The minimum Gasteiger partial charge on any atom is -0.394 e. The van der Waals surface area contributed by atoms with E-state index in [1.165, 1.54) is 13.2 Å². The number of aliphatic hydroxyl groups excluding tert-OH is 5. The van der Waals surface area contributed by atoms with Crippen LogP contribution >= 0.6 is 0 Å². The number of hydrogen-bond acceptors (Lipinski definition) is 9. The summed E-state index contributed by atoms with van der Waals surface area (Å²) in [4.78, 5) is 0. The highest BCUT2D eigenvalue weighted by molar-refractivity contribution is 5.31. The van der Waals surface area contributed by atoms with Crippen molar-refractivity contribution < 1.29 is 39.7 Å². The fraction of sp³-hybridized carbons (Fsp3) is 0.733. The van der Waals surface area contributed by atoms with Gasteiger partial charge in [0.25, 0.3) is 0 Å². The monoisotopic (exact) mass is 347 g/mol. The molecule has 1 saturated heterocycles. The highest BCUT2D eigenvalue weighted by Crippen LogP contribution is 2.29. The minimum absolute atomic E-state index is 0.223. The summed E-state index contributed by atoms with van der Waals surface area (Å²) >= 11 is 0. The molecule has 0 saturated carbocycles. The van der Waals surface area contributed by atoms with Gasteiger partial charge >= 0.3 is 0 Å². The second-order valence-corrected chi connectivity index (χ2v) is 5.74. The van der Waals surface area contributed by atoms with Gasteiger partial charge in [0.2, 0.25) is 0 Å². The lowest BCUT2D eigenvalue weighted by atomic mass is 9.92. The minimum atomic E-state index is -1.55. The number of ether oxygens (including phenoxy) is 3. The van der Waals surface area contributed by atoms with Crippen molar-refractivity contribution in [1.82, 2.24) is 0 Å². The van der Waals surface area contributed by atoms with Crippen LogP contribution in [0, 0.1) is 0 Å². The predicted octanol–water partition coefficient (Wildman–Crippen LogP) is -3.00. The summed E-state index contributed by atoms with van der Waals surface area (Å²) in [6.07, 6.45) is -4.69. The average molecular weight is 347 g/mol. The lowest BCUT2D eigenvalue weighted by Crippen LogP contribution is -2.60. The highest BCUT2D eigenvalue weighted by atomic mass is 16.7. The standard InChI is InChI=1S/C15H25NO8/c1-22-14-8(18)3-2-7(4-5-16)13(14)24-15-12(21)11(20)10(19)9(6-17)23-15/h2-4,8-15,17-21H,5-6,16H2,1H3/b7-4-/t8-,9-,10-,11+,12-,13+,14+,15+/m1/s1. The number of nitrogens with two attached hydrogens (primary N) is 1. The Balaban J connectivity index is 2.22. The molecule has 0 aromatic carbocycles. The van der Waals surface area contributed by atoms with Crippen molar-refractivity contribution in [1.29, 1.82) is 0 Å². The first-order valence-corrected chi connectivity index (χ1v) is 7.69. The van der Waals surface area contributed by atoms with E-state index in [-0.39, 0.29) is 6.54 Å². The first kappa shape index (κ1) is 19.4. The summed E-state index contributed by atoms with van der Waals surface area (Å²) in [5.74, 6) is 0. The molecule has 2 rings (SSSR count). The number of hydrogen-bond donors (Lipinski definition) is 6. The van der Waals surface area contributed by atoms with Gasteiger partial charge < -0.3 is 45.5 Å². The van der Waals surface area contributed by atoms with Crippen LogP contribution in [0.15, 0.2) is 23.8 Å². The average Bonchev–Trinajstić information content (AvgIpc) is 2.58. The zero-order valence-electron chi connectivity index (χ0n) is 13.3. The molecule has 138 valence electrons. The molecule has 2 aliphatic rings. The van der Waals surface area contributed by atoms with Gasteiger partial charge in [0.1, 0.15) is 42.7 Å². The molecule has 0 spiro atoms. The van der Waals surface area contributed by atoms with Crippen LogP contribution in [0.4, 0.5) is 0 Å². The molecule has 9 nitrogen and oxygen atoms in total. The molecule has 7 N–H and O–H groups in total. The van der Waals surface area contributed by atoms with Gasteiger partial charge in [-0.2, -0.15) is 0 Å². The summed E-state index contributed by atoms with van der Waals surface area (Å²) in [5.41, 5.74) is 6.15. The summed E-state index contributed by atoms with van der Waals surface area (Å²) in [6.45, 7) is -0.335. The van der Waals surface area contributed by atoms with Crippen molar-refractivity contribution in [3.63, 3.8) is 0 Å². The van der Waals surface area contributed by atoms with Gasteiger partial charge in [0, 0.05) is 13.7 Å². The van der Waals surface area contributed by atoms with Gasteiger partial charge in [-0.15, -0.1) is 0 Å². The van der Waals surface area contributed by atoms with E-state index in [2.05, 4.69) is 0 Å². The Labute approximate surface area is 139 Å². The quantitative estimate of drug-likeness (QED) is 0.305. The molecule has 0 aromatic heterocycles. The summed E-state index contributed by atoms with van der Waals surface area (Å²) in [7, 11) is 1.40. The van der Waals surface area contributed by atoms with Gasteiger partial charge in [-0.1, -0.05) is 18.2 Å². The van der Waals surface area contributed by atoms with Gasteiger partial charge in [-0.05, 0) is 5.57 Å². The highest BCUT2D eigenvalue weighted by Gasteiger charge is 2.46. The molecule has 0 unspecified atom stereocenters. The van der Waals surface area contributed by atoms with E-state index in [0.29, 0.717) is 5.57 Å². The fourth-order valence-electron chi connectivity index (χ4n) is 2.85. The third-order valence-electron chi connectivity index (χ3n) is 4.20. The first-order chi connectivity index (χ1) is 11.4. The molecule has 0 radical (unpaired) electrons. The second kappa shape index (κ2) is 8.48. The van der Waals surface area contributed by atoms with Crippen LogP contribution < -0.4 is 5.73 Å². The lowest BCUT2D eigenvalue weighted by molar-refractivity contribution is -0.315. The van der Waals surface area contributed by atoms with Crippen LogP contribution in [-0.4, -0.2) is 94.8 Å². The largest absolute Gasteiger partial charge is 0.394 e. The molecular formula is C15H25NO8. The number of aliphatic hydroxyl groups is 5. The van der Waals surface area contributed by atoms with E-state index in [0.717, 1.165) is 0 Å². The maximum absolute atomic E-state index is 10.1. The topological polar surface area (TPSA) is 155 Å². The summed E-state index contributed by atoms with van der Waals surface area (Å²) in [6, 6.07) is 0. The number of rotatable bonds is 5. The van der Waals surface area contributed by atoms with E-state index < -0.39 is 55.6 Å². The Hall–Kier alpha value is -0.880. The second-order valence-electron chi connectivity index (χ2n) is 5.74. The summed E-state index contributed by atoms with van der Waals surface area (Å²) < 4.78 is 16.3. The Morgan fingerprint density at radius 2 is 1.92 bits per heavy atom. The van der Waals surface area contributed by atoms with E-state index in [4.69, 9.17) is 19.9 Å². The Morgan fingerprint density at radius 3 is 2.50 bits per heavy atom. The van der Waals surface area contributed by atoms with Crippen molar-refractivity contribution in [3.8, 4) is 0 Å². The van der Waals surface area contributed by atoms with Crippen LogP contribution in [-0.2, 0) is 14.2 Å². The molecule has 0 amide bonds. The fourth-order valence-corrected chi connectivity index (χ4v) is 2.85. The predicted molar refractivity (Wildman–Crippen MR) is 81.7 cm³/mol. The molecule has 24 heavy (non-hydrogen) atoms. The van der Waals surface area contributed by atoms with Crippen LogP contribution in [0.3, 0.4) is 0 Å². The molecule has 0 aromatic rings. The molecule has 0 bridgehead atoms. The zero-order valence-corrected chi connectivity index (χ0v) is 13.3. The Morgan fingerprint density at radius 1 is 1.21 bits per heavy atom.